The summed E-state index contributed by atoms with van der Waals surface area (Å²) in [4.78, 5) is 23.7. The van der Waals surface area contributed by atoms with E-state index in [1.807, 2.05) is 0 Å². The smallest absolute Gasteiger partial charge is 0.308 e. The van der Waals surface area contributed by atoms with Gasteiger partial charge in [-0.3, -0.25) is 9.59 Å². The maximum atomic E-state index is 11.8. The summed E-state index contributed by atoms with van der Waals surface area (Å²) < 4.78 is 10.2. The van der Waals surface area contributed by atoms with Crippen molar-refractivity contribution in [2.24, 2.45) is 17.8 Å². The van der Waals surface area contributed by atoms with Gasteiger partial charge in [0.2, 0.25) is 0 Å². The van der Waals surface area contributed by atoms with Crippen molar-refractivity contribution in [3.63, 3.8) is 0 Å². The second-order valence-electron chi connectivity index (χ2n) is 5.05. The van der Waals surface area contributed by atoms with Crippen molar-refractivity contribution in [3.05, 3.63) is 0 Å². The highest BCUT2D eigenvalue weighted by Crippen LogP contribution is 2.32. The molecular weight excluding hydrogens is 232 g/mol. The normalized spacial score (nSPS) is 28.3. The van der Waals surface area contributed by atoms with Crippen LogP contribution in [0.25, 0.3) is 0 Å². The third kappa shape index (κ3) is 4.31. The average molecular weight is 256 g/mol. The van der Waals surface area contributed by atoms with Crippen molar-refractivity contribution in [3.8, 4) is 0 Å². The summed E-state index contributed by atoms with van der Waals surface area (Å²) in [5.74, 6) is -0.179. The molecule has 1 saturated carbocycles. The van der Waals surface area contributed by atoms with Gasteiger partial charge in [0.15, 0.2) is 0 Å². The monoisotopic (exact) mass is 256 g/mol. The van der Waals surface area contributed by atoms with E-state index in [0.29, 0.717) is 25.6 Å². The lowest BCUT2D eigenvalue weighted by Gasteiger charge is -2.18. The molecule has 0 aliphatic heterocycles. The van der Waals surface area contributed by atoms with Crippen LogP contribution in [0.4, 0.5) is 0 Å². The minimum atomic E-state index is -0.166. The molecule has 4 nitrogen and oxygen atoms in total. The van der Waals surface area contributed by atoms with Crippen LogP contribution in [-0.4, -0.2) is 25.2 Å². The average Bonchev–Trinajstić information content (AvgIpc) is 2.52. The van der Waals surface area contributed by atoms with Crippen LogP contribution in [0.3, 0.4) is 0 Å². The first kappa shape index (κ1) is 15.0. The lowest BCUT2D eigenvalue weighted by molar-refractivity contribution is -0.152. The van der Waals surface area contributed by atoms with Gasteiger partial charge in [-0.15, -0.1) is 0 Å². The van der Waals surface area contributed by atoms with Crippen LogP contribution in [0.2, 0.25) is 0 Å². The first-order valence-electron chi connectivity index (χ1n) is 6.91. The Morgan fingerprint density at radius 2 is 1.50 bits per heavy atom. The van der Waals surface area contributed by atoms with Gasteiger partial charge >= 0.3 is 11.9 Å². The number of hydrogen-bond donors (Lipinski definition) is 0. The van der Waals surface area contributed by atoms with E-state index in [0.717, 1.165) is 19.3 Å². The molecule has 1 aliphatic rings. The summed E-state index contributed by atoms with van der Waals surface area (Å²) in [5, 5.41) is 0. The molecule has 1 fully saturated rings. The Kier molecular flexibility index (Phi) is 6.16. The molecule has 0 aromatic carbocycles. The number of hydrogen-bond acceptors (Lipinski definition) is 4. The molecule has 104 valence electrons. The summed E-state index contributed by atoms with van der Waals surface area (Å²) in [6, 6.07) is 0. The Morgan fingerprint density at radius 1 is 0.944 bits per heavy atom. The first-order chi connectivity index (χ1) is 8.58. The van der Waals surface area contributed by atoms with Crippen LogP contribution in [0.1, 0.15) is 46.5 Å². The van der Waals surface area contributed by atoms with Crippen LogP contribution in [0, 0.1) is 17.8 Å². The number of ether oxygens (including phenoxy) is 2. The zero-order chi connectivity index (χ0) is 13.5. The molecule has 0 N–H and O–H groups in total. The van der Waals surface area contributed by atoms with E-state index >= 15 is 0 Å². The zero-order valence-corrected chi connectivity index (χ0v) is 11.6. The number of esters is 2. The third-order valence-electron chi connectivity index (χ3n) is 3.50. The fourth-order valence-corrected chi connectivity index (χ4v) is 2.57. The van der Waals surface area contributed by atoms with E-state index in [9.17, 15) is 9.59 Å². The minimum Gasteiger partial charge on any atom is -0.466 e. The molecule has 3 unspecified atom stereocenters. The zero-order valence-electron chi connectivity index (χ0n) is 11.6. The predicted molar refractivity (Wildman–Crippen MR) is 67.9 cm³/mol. The number of carbonyl (C=O) groups excluding carboxylic acids is 2. The predicted octanol–water partition coefficient (Wildman–Crippen LogP) is 2.56. The summed E-state index contributed by atoms with van der Waals surface area (Å²) >= 11 is 0. The highest BCUT2D eigenvalue weighted by molar-refractivity contribution is 5.76. The molecule has 4 heteroatoms. The fraction of sp³-hybridized carbons (Fsp3) is 0.857. The van der Waals surface area contributed by atoms with E-state index in [4.69, 9.17) is 9.47 Å². The quantitative estimate of drug-likeness (QED) is 0.573. The molecule has 0 aromatic rings. The highest BCUT2D eigenvalue weighted by Gasteiger charge is 2.33. The van der Waals surface area contributed by atoms with Crippen LogP contribution in [-0.2, 0) is 19.1 Å². The molecule has 0 amide bonds. The minimum absolute atomic E-state index is 0.149. The fourth-order valence-electron chi connectivity index (χ4n) is 2.57. The van der Waals surface area contributed by atoms with Gasteiger partial charge in [0.25, 0.3) is 0 Å². The van der Waals surface area contributed by atoms with Crippen molar-refractivity contribution in [1.82, 2.24) is 0 Å². The summed E-state index contributed by atoms with van der Waals surface area (Å²) in [6.45, 7) is 6.53. The second-order valence-corrected chi connectivity index (χ2v) is 5.05. The van der Waals surface area contributed by atoms with Crippen LogP contribution in [0.5, 0.6) is 0 Å². The topological polar surface area (TPSA) is 52.6 Å². The van der Waals surface area contributed by atoms with Crippen molar-refractivity contribution in [2.75, 3.05) is 13.2 Å². The Bertz CT molecular complexity index is 288. The maximum Gasteiger partial charge on any atom is 0.308 e. The van der Waals surface area contributed by atoms with Gasteiger partial charge in [-0.25, -0.2) is 0 Å². The van der Waals surface area contributed by atoms with Gasteiger partial charge in [-0.1, -0.05) is 6.92 Å². The molecule has 1 rings (SSSR count). The Hall–Kier alpha value is -1.06. The summed E-state index contributed by atoms with van der Waals surface area (Å²) in [6.07, 6.45) is 3.17. The van der Waals surface area contributed by atoms with E-state index in [2.05, 4.69) is 6.92 Å². The van der Waals surface area contributed by atoms with Gasteiger partial charge in [0.05, 0.1) is 25.0 Å². The highest BCUT2D eigenvalue weighted by atomic mass is 16.5. The van der Waals surface area contributed by atoms with Crippen molar-refractivity contribution >= 4 is 11.9 Å². The Labute approximate surface area is 109 Å². The maximum absolute atomic E-state index is 11.8. The van der Waals surface area contributed by atoms with Gasteiger partial charge in [-0.2, -0.15) is 0 Å². The summed E-state index contributed by atoms with van der Waals surface area (Å²) in [7, 11) is 0. The lowest BCUT2D eigenvalue weighted by Crippen LogP contribution is -2.24. The SMILES string of the molecule is CCOC(=O)C1CCC(C)CC(C(=O)OCC)C1. The van der Waals surface area contributed by atoms with Gasteiger partial charge in [0.1, 0.15) is 0 Å². The second kappa shape index (κ2) is 7.39. The van der Waals surface area contributed by atoms with Gasteiger partial charge in [0, 0.05) is 0 Å². The Balaban J connectivity index is 2.66. The molecule has 18 heavy (non-hydrogen) atoms. The molecule has 0 aromatic heterocycles. The molecule has 0 heterocycles. The number of carbonyl (C=O) groups is 2. The van der Waals surface area contributed by atoms with E-state index in [1.165, 1.54) is 0 Å². The molecule has 0 spiro atoms. The molecule has 0 bridgehead atoms. The van der Waals surface area contributed by atoms with E-state index in [1.54, 1.807) is 13.8 Å². The molecule has 3 atom stereocenters. The van der Waals surface area contributed by atoms with Crippen LogP contribution >= 0.6 is 0 Å². The van der Waals surface area contributed by atoms with Crippen molar-refractivity contribution in [2.45, 2.75) is 46.5 Å². The Morgan fingerprint density at radius 3 is 2.06 bits per heavy atom. The first-order valence-corrected chi connectivity index (χ1v) is 6.91. The van der Waals surface area contributed by atoms with E-state index in [-0.39, 0.29) is 23.8 Å². The number of rotatable bonds is 4. The molecule has 0 saturated heterocycles. The molecule has 1 aliphatic carbocycles. The standard InChI is InChI=1S/C14H24O4/c1-4-17-13(15)11-7-6-10(3)8-12(9-11)14(16)18-5-2/h10-12H,4-9H2,1-3H3. The molecular formula is C14H24O4. The van der Waals surface area contributed by atoms with Crippen molar-refractivity contribution < 1.29 is 19.1 Å². The van der Waals surface area contributed by atoms with Crippen LogP contribution in [0.15, 0.2) is 0 Å². The largest absolute Gasteiger partial charge is 0.466 e. The van der Waals surface area contributed by atoms with Crippen LogP contribution < -0.4 is 0 Å². The lowest BCUT2D eigenvalue weighted by atomic mass is 9.92. The van der Waals surface area contributed by atoms with E-state index < -0.39 is 0 Å². The van der Waals surface area contributed by atoms with Crippen molar-refractivity contribution in [1.29, 1.82) is 0 Å². The molecule has 0 radical (unpaired) electrons. The summed E-state index contributed by atoms with van der Waals surface area (Å²) in [5.41, 5.74) is 0. The third-order valence-corrected chi connectivity index (χ3v) is 3.50. The van der Waals surface area contributed by atoms with Gasteiger partial charge < -0.3 is 9.47 Å². The van der Waals surface area contributed by atoms with Gasteiger partial charge in [-0.05, 0) is 45.4 Å².